The van der Waals surface area contributed by atoms with Gasteiger partial charge in [0.25, 0.3) is 0 Å². The molecule has 0 fully saturated rings. The molecular weight excluding hydrogens is 332 g/mol. The summed E-state index contributed by atoms with van der Waals surface area (Å²) in [6.07, 6.45) is 4.17. The van der Waals surface area contributed by atoms with Crippen LogP contribution in [0.1, 0.15) is 87.5 Å². The summed E-state index contributed by atoms with van der Waals surface area (Å²) in [7, 11) is 0. The van der Waals surface area contributed by atoms with Crippen LogP contribution in [0.3, 0.4) is 0 Å². The zero-order valence-electron chi connectivity index (χ0n) is 19.0. The lowest BCUT2D eigenvalue weighted by Gasteiger charge is -1.92. The summed E-state index contributed by atoms with van der Waals surface area (Å²) in [5.41, 5.74) is 0. The van der Waals surface area contributed by atoms with Gasteiger partial charge in [-0.05, 0) is 30.5 Å². The number of hydrogen-bond donors (Lipinski definition) is 0. The number of benzene rings is 2. The molecule has 0 atom stereocenters. The first kappa shape index (κ1) is 29.8. The Morgan fingerprint density at radius 1 is 0.667 bits per heavy atom. The highest BCUT2D eigenvalue weighted by molar-refractivity contribution is 5.82. The largest absolute Gasteiger partial charge is 0.300 e. The molecule has 0 aliphatic rings. The normalized spacial score (nSPS) is 8.30. The molecule has 0 bridgehead atoms. The summed E-state index contributed by atoms with van der Waals surface area (Å²) in [4.78, 5) is 20.5. The maximum atomic E-state index is 10.4. The Kier molecular flexibility index (Phi) is 26.5. The highest BCUT2D eigenvalue weighted by Crippen LogP contribution is 2.11. The number of Topliss-reactive ketones (excluding diaryl/α,β-unsaturated/α-hetero) is 2. The number of carbonyl (C=O) groups is 2. The number of fused-ring (bicyclic) bond motifs is 1. The van der Waals surface area contributed by atoms with E-state index in [2.05, 4.69) is 48.5 Å². The average molecular weight is 375 g/mol. The summed E-state index contributed by atoms with van der Waals surface area (Å²) in [5, 5.41) is 2.62. The van der Waals surface area contributed by atoms with Gasteiger partial charge in [0.05, 0.1) is 0 Å². The van der Waals surface area contributed by atoms with Crippen molar-refractivity contribution >= 4 is 22.3 Å². The fraction of sp³-hybridized carbons (Fsp3) is 0.520. The Hall–Kier alpha value is -1.96. The summed E-state index contributed by atoms with van der Waals surface area (Å²) < 4.78 is 0. The monoisotopic (exact) mass is 374 g/mol. The molecule has 2 aromatic rings. The first-order chi connectivity index (χ1) is 13.0. The molecule has 0 aliphatic heterocycles. The van der Waals surface area contributed by atoms with Crippen LogP contribution in [0, 0.1) is 0 Å². The van der Waals surface area contributed by atoms with Gasteiger partial charge in [0.1, 0.15) is 11.6 Å². The summed E-state index contributed by atoms with van der Waals surface area (Å²) in [5.74, 6) is 0.667. The summed E-state index contributed by atoms with van der Waals surface area (Å²) in [6.45, 7) is 15.5. The number of hydrogen-bond acceptors (Lipinski definition) is 2. The van der Waals surface area contributed by atoms with Gasteiger partial charge in [0.15, 0.2) is 0 Å². The van der Waals surface area contributed by atoms with Gasteiger partial charge >= 0.3 is 0 Å². The topological polar surface area (TPSA) is 34.1 Å². The second-order valence-corrected chi connectivity index (χ2v) is 5.44. The van der Waals surface area contributed by atoms with E-state index >= 15 is 0 Å². The van der Waals surface area contributed by atoms with Crippen LogP contribution < -0.4 is 0 Å². The van der Waals surface area contributed by atoms with Crippen molar-refractivity contribution in [3.05, 3.63) is 48.5 Å². The van der Waals surface area contributed by atoms with Crippen molar-refractivity contribution in [2.45, 2.75) is 87.5 Å². The number of rotatable bonds is 5. The number of carbonyl (C=O) groups excluding carboxylic acids is 2. The van der Waals surface area contributed by atoms with Gasteiger partial charge in [0.2, 0.25) is 0 Å². The summed E-state index contributed by atoms with van der Waals surface area (Å²) in [6, 6.07) is 16.7. The highest BCUT2D eigenvalue weighted by atomic mass is 16.1. The zero-order valence-corrected chi connectivity index (χ0v) is 19.0. The molecule has 0 radical (unpaired) electrons. The molecular formula is C25H42O2. The predicted molar refractivity (Wildman–Crippen MR) is 122 cm³/mol. The van der Waals surface area contributed by atoms with E-state index in [0.717, 1.165) is 25.7 Å². The molecule has 0 saturated heterocycles. The first-order valence-corrected chi connectivity index (χ1v) is 10.5. The molecule has 0 heterocycles. The maximum absolute atomic E-state index is 10.4. The molecule has 2 aromatic carbocycles. The molecule has 0 aromatic heterocycles. The Balaban J connectivity index is -0.000000304. The van der Waals surface area contributed by atoms with Crippen molar-refractivity contribution in [3.8, 4) is 0 Å². The summed E-state index contributed by atoms with van der Waals surface area (Å²) >= 11 is 0. The fourth-order valence-electron chi connectivity index (χ4n) is 1.94. The molecule has 154 valence electrons. The second kappa shape index (κ2) is 24.0. The van der Waals surface area contributed by atoms with Crippen molar-refractivity contribution in [1.82, 2.24) is 0 Å². The van der Waals surface area contributed by atoms with Crippen LogP contribution in [-0.4, -0.2) is 11.6 Å². The molecule has 0 unspecified atom stereocenters. The van der Waals surface area contributed by atoms with Crippen LogP contribution in [0.4, 0.5) is 0 Å². The van der Waals surface area contributed by atoms with E-state index in [4.69, 9.17) is 0 Å². The fourth-order valence-corrected chi connectivity index (χ4v) is 1.94. The van der Waals surface area contributed by atoms with Gasteiger partial charge in [-0.1, -0.05) is 97.0 Å². The lowest BCUT2D eigenvalue weighted by atomic mass is 10.1. The SMILES string of the molecule is CC.CC.CCCC(=O)CC.CCCC(C)=O.c1ccc2ccccc2c1. The Morgan fingerprint density at radius 2 is 1.00 bits per heavy atom. The van der Waals surface area contributed by atoms with Gasteiger partial charge in [-0.15, -0.1) is 0 Å². The Bertz CT molecular complexity index is 508. The van der Waals surface area contributed by atoms with Crippen molar-refractivity contribution < 1.29 is 9.59 Å². The molecule has 0 N–H and O–H groups in total. The third kappa shape index (κ3) is 20.2. The molecule has 2 rings (SSSR count). The van der Waals surface area contributed by atoms with E-state index < -0.39 is 0 Å². The molecule has 0 aliphatic carbocycles. The molecule has 2 nitrogen and oxygen atoms in total. The lowest BCUT2D eigenvalue weighted by molar-refractivity contribution is -0.119. The van der Waals surface area contributed by atoms with Crippen LogP contribution in [0.2, 0.25) is 0 Å². The van der Waals surface area contributed by atoms with E-state index in [-0.39, 0.29) is 5.78 Å². The van der Waals surface area contributed by atoms with Crippen molar-refractivity contribution in [1.29, 1.82) is 0 Å². The van der Waals surface area contributed by atoms with Gasteiger partial charge in [0, 0.05) is 19.3 Å². The van der Waals surface area contributed by atoms with Gasteiger partial charge < -0.3 is 4.79 Å². The van der Waals surface area contributed by atoms with Gasteiger partial charge in [-0.25, -0.2) is 0 Å². The standard InChI is InChI=1S/C10H8.C6H12O.C5H10O.2C2H6/c1-2-6-10-8-4-3-7-9(10)5-1;1-3-5-6(7)4-2;1-3-4-5(2)6;2*1-2/h1-8H;3-5H2,1-2H3;3-4H2,1-2H3;2*1-2H3. The van der Waals surface area contributed by atoms with Crippen LogP contribution in [0.15, 0.2) is 48.5 Å². The van der Waals surface area contributed by atoms with Crippen LogP contribution in [0.5, 0.6) is 0 Å². The molecule has 0 spiro atoms. The minimum atomic E-state index is 0.289. The van der Waals surface area contributed by atoms with E-state index in [9.17, 15) is 9.59 Å². The lowest BCUT2D eigenvalue weighted by Crippen LogP contribution is -1.91. The van der Waals surface area contributed by atoms with Crippen molar-refractivity contribution in [3.63, 3.8) is 0 Å². The van der Waals surface area contributed by atoms with Crippen molar-refractivity contribution in [2.75, 3.05) is 0 Å². The van der Waals surface area contributed by atoms with Crippen LogP contribution in [0.25, 0.3) is 10.8 Å². The van der Waals surface area contributed by atoms with E-state index in [1.807, 2.05) is 48.5 Å². The second-order valence-electron chi connectivity index (χ2n) is 5.44. The van der Waals surface area contributed by atoms with Gasteiger partial charge in [-0.3, -0.25) is 4.79 Å². The quantitative estimate of drug-likeness (QED) is 0.530. The van der Waals surface area contributed by atoms with E-state index in [1.54, 1.807) is 6.92 Å². The Labute approximate surface area is 168 Å². The van der Waals surface area contributed by atoms with E-state index in [0.29, 0.717) is 12.2 Å². The Morgan fingerprint density at radius 3 is 1.15 bits per heavy atom. The van der Waals surface area contributed by atoms with Crippen LogP contribution >= 0.6 is 0 Å². The van der Waals surface area contributed by atoms with Crippen molar-refractivity contribution in [2.24, 2.45) is 0 Å². The minimum Gasteiger partial charge on any atom is -0.300 e. The molecule has 0 saturated carbocycles. The van der Waals surface area contributed by atoms with Gasteiger partial charge in [-0.2, -0.15) is 0 Å². The number of ketones is 2. The molecule has 0 amide bonds. The average Bonchev–Trinajstić information content (AvgIpc) is 2.72. The maximum Gasteiger partial charge on any atom is 0.132 e. The smallest absolute Gasteiger partial charge is 0.132 e. The van der Waals surface area contributed by atoms with Crippen LogP contribution in [-0.2, 0) is 9.59 Å². The third-order valence-electron chi connectivity index (χ3n) is 3.18. The first-order valence-electron chi connectivity index (χ1n) is 10.5. The molecule has 27 heavy (non-hydrogen) atoms. The third-order valence-corrected chi connectivity index (χ3v) is 3.18. The highest BCUT2D eigenvalue weighted by Gasteiger charge is 1.91. The predicted octanol–water partition coefficient (Wildman–Crippen LogP) is 8.03. The van der Waals surface area contributed by atoms with E-state index in [1.165, 1.54) is 10.8 Å². The zero-order chi connectivity index (χ0) is 21.5. The molecule has 2 heteroatoms. The minimum absolute atomic E-state index is 0.289.